The summed E-state index contributed by atoms with van der Waals surface area (Å²) < 4.78 is 0. The quantitative estimate of drug-likeness (QED) is 0.802. The predicted octanol–water partition coefficient (Wildman–Crippen LogP) is 1.08. The Labute approximate surface area is 103 Å². The van der Waals surface area contributed by atoms with Crippen molar-refractivity contribution in [3.8, 4) is 0 Å². The van der Waals surface area contributed by atoms with Crippen molar-refractivity contribution < 1.29 is 4.79 Å². The molecule has 0 bridgehead atoms. The largest absolute Gasteiger partial charge is 0.344 e. The van der Waals surface area contributed by atoms with Gasteiger partial charge in [-0.1, -0.05) is 19.9 Å². The Morgan fingerprint density at radius 3 is 2.88 bits per heavy atom. The molecule has 0 aliphatic heterocycles. The third-order valence-corrected chi connectivity index (χ3v) is 2.55. The lowest BCUT2D eigenvalue weighted by molar-refractivity contribution is -0.129. The summed E-state index contributed by atoms with van der Waals surface area (Å²) in [4.78, 5) is 17.5. The molecule has 1 rings (SSSR count). The first kappa shape index (κ1) is 13.6. The molecule has 1 aromatic heterocycles. The van der Waals surface area contributed by atoms with Crippen LogP contribution in [0.4, 0.5) is 0 Å². The molecule has 1 heterocycles. The lowest BCUT2D eigenvalue weighted by atomic mass is 10.2. The Hall–Kier alpha value is -1.42. The van der Waals surface area contributed by atoms with Gasteiger partial charge in [0.05, 0.1) is 6.54 Å². The third kappa shape index (κ3) is 5.45. The number of hydrogen-bond donors (Lipinski definition) is 1. The Kier molecular flexibility index (Phi) is 5.63. The van der Waals surface area contributed by atoms with E-state index < -0.39 is 0 Å². The molecule has 0 spiro atoms. The number of likely N-dealkylation sites (N-methyl/N-ethyl adjacent to an activating group) is 1. The summed E-state index contributed by atoms with van der Waals surface area (Å²) in [6.45, 7) is 5.19. The highest BCUT2D eigenvalue weighted by Gasteiger charge is 2.08. The zero-order chi connectivity index (χ0) is 12.7. The number of nitrogens with one attached hydrogen (secondary N) is 1. The number of carbonyl (C=O) groups is 1. The van der Waals surface area contributed by atoms with E-state index in [2.05, 4.69) is 10.3 Å². The molecule has 4 nitrogen and oxygen atoms in total. The van der Waals surface area contributed by atoms with Gasteiger partial charge in [-0.15, -0.1) is 0 Å². The molecule has 0 radical (unpaired) electrons. The number of nitrogens with zero attached hydrogens (tertiary/aromatic N) is 2. The zero-order valence-electron chi connectivity index (χ0n) is 10.8. The fourth-order valence-corrected chi connectivity index (χ4v) is 1.39. The van der Waals surface area contributed by atoms with Crippen LogP contribution in [0, 0.1) is 0 Å². The first-order chi connectivity index (χ1) is 8.09. The van der Waals surface area contributed by atoms with Crippen LogP contribution in [0.15, 0.2) is 24.5 Å². The second kappa shape index (κ2) is 7.01. The topological polar surface area (TPSA) is 45.2 Å². The average Bonchev–Trinajstić information content (AvgIpc) is 2.34. The van der Waals surface area contributed by atoms with E-state index in [1.165, 1.54) is 0 Å². The molecule has 1 N–H and O–H groups in total. The van der Waals surface area contributed by atoms with Crippen LogP contribution in [0.2, 0.25) is 0 Å². The van der Waals surface area contributed by atoms with Gasteiger partial charge in [0.25, 0.3) is 0 Å². The molecule has 4 heteroatoms. The maximum absolute atomic E-state index is 11.7. The maximum Gasteiger partial charge on any atom is 0.236 e. The average molecular weight is 235 g/mol. The van der Waals surface area contributed by atoms with Gasteiger partial charge in [0.1, 0.15) is 0 Å². The Bertz CT molecular complexity index is 338. The monoisotopic (exact) mass is 235 g/mol. The van der Waals surface area contributed by atoms with Gasteiger partial charge in [-0.3, -0.25) is 9.78 Å². The fourth-order valence-electron chi connectivity index (χ4n) is 1.39. The van der Waals surface area contributed by atoms with E-state index in [-0.39, 0.29) is 5.91 Å². The molecule has 0 unspecified atom stereocenters. The molecule has 0 aliphatic rings. The van der Waals surface area contributed by atoms with Crippen LogP contribution in [-0.4, -0.2) is 42.0 Å². The Morgan fingerprint density at radius 1 is 1.53 bits per heavy atom. The lowest BCUT2D eigenvalue weighted by Crippen LogP contribution is -2.38. The van der Waals surface area contributed by atoms with E-state index >= 15 is 0 Å². The molecule has 0 atom stereocenters. The van der Waals surface area contributed by atoms with Crippen LogP contribution in [0.1, 0.15) is 19.4 Å². The minimum absolute atomic E-state index is 0.127. The van der Waals surface area contributed by atoms with Crippen molar-refractivity contribution in [1.29, 1.82) is 0 Å². The van der Waals surface area contributed by atoms with Crippen molar-refractivity contribution in [3.05, 3.63) is 30.1 Å². The molecule has 0 aromatic carbocycles. The van der Waals surface area contributed by atoms with Gasteiger partial charge in [-0.2, -0.15) is 0 Å². The molecular weight excluding hydrogens is 214 g/mol. The number of hydrogen-bond acceptors (Lipinski definition) is 3. The second-order valence-electron chi connectivity index (χ2n) is 4.46. The molecule has 0 fully saturated rings. The highest BCUT2D eigenvalue weighted by Crippen LogP contribution is 1.98. The van der Waals surface area contributed by atoms with Gasteiger partial charge >= 0.3 is 0 Å². The van der Waals surface area contributed by atoms with E-state index in [1.807, 2.05) is 39.2 Å². The number of pyridine rings is 1. The standard InChI is InChI=1S/C13H21N3O/c1-11(2)15-10-13(17)16(3)8-6-12-5-4-7-14-9-12/h4-5,7,9,11,15H,6,8,10H2,1-3H3. The van der Waals surface area contributed by atoms with Crippen LogP contribution >= 0.6 is 0 Å². The molecule has 1 amide bonds. The Morgan fingerprint density at radius 2 is 2.29 bits per heavy atom. The van der Waals surface area contributed by atoms with E-state index in [4.69, 9.17) is 0 Å². The smallest absolute Gasteiger partial charge is 0.236 e. The normalized spacial score (nSPS) is 10.6. The van der Waals surface area contributed by atoms with Crippen molar-refractivity contribution in [3.63, 3.8) is 0 Å². The summed E-state index contributed by atoms with van der Waals surface area (Å²) >= 11 is 0. The number of aromatic nitrogens is 1. The lowest BCUT2D eigenvalue weighted by Gasteiger charge is -2.18. The molecule has 94 valence electrons. The molecule has 0 aliphatic carbocycles. The van der Waals surface area contributed by atoms with Crippen LogP contribution < -0.4 is 5.32 Å². The van der Waals surface area contributed by atoms with Crippen molar-refractivity contribution >= 4 is 5.91 Å². The molecular formula is C13H21N3O. The zero-order valence-corrected chi connectivity index (χ0v) is 10.8. The van der Waals surface area contributed by atoms with Gasteiger partial charge < -0.3 is 10.2 Å². The molecule has 1 aromatic rings. The molecule has 0 saturated carbocycles. The van der Waals surface area contributed by atoms with Gasteiger partial charge in [-0.25, -0.2) is 0 Å². The second-order valence-corrected chi connectivity index (χ2v) is 4.46. The fraction of sp³-hybridized carbons (Fsp3) is 0.538. The number of carbonyl (C=O) groups excluding carboxylic acids is 1. The molecule has 0 saturated heterocycles. The molecule has 17 heavy (non-hydrogen) atoms. The summed E-state index contributed by atoms with van der Waals surface area (Å²) in [6.07, 6.45) is 4.44. The summed E-state index contributed by atoms with van der Waals surface area (Å²) in [5, 5.41) is 3.12. The van der Waals surface area contributed by atoms with Gasteiger partial charge in [0.15, 0.2) is 0 Å². The van der Waals surface area contributed by atoms with Crippen molar-refractivity contribution in [2.75, 3.05) is 20.1 Å². The summed E-state index contributed by atoms with van der Waals surface area (Å²) in [7, 11) is 1.83. The van der Waals surface area contributed by atoms with Crippen LogP contribution in [0.5, 0.6) is 0 Å². The summed E-state index contributed by atoms with van der Waals surface area (Å²) in [5.74, 6) is 0.127. The van der Waals surface area contributed by atoms with Crippen LogP contribution in [0.25, 0.3) is 0 Å². The van der Waals surface area contributed by atoms with Gasteiger partial charge in [0.2, 0.25) is 5.91 Å². The van der Waals surface area contributed by atoms with E-state index in [0.29, 0.717) is 12.6 Å². The predicted molar refractivity (Wildman–Crippen MR) is 68.7 cm³/mol. The highest BCUT2D eigenvalue weighted by molar-refractivity contribution is 5.77. The number of rotatable bonds is 6. The van der Waals surface area contributed by atoms with Gasteiger partial charge in [0, 0.05) is 32.0 Å². The highest BCUT2D eigenvalue weighted by atomic mass is 16.2. The van der Waals surface area contributed by atoms with E-state index in [0.717, 1.165) is 18.5 Å². The van der Waals surface area contributed by atoms with Crippen LogP contribution in [-0.2, 0) is 11.2 Å². The van der Waals surface area contributed by atoms with Crippen molar-refractivity contribution in [2.45, 2.75) is 26.3 Å². The van der Waals surface area contributed by atoms with Crippen molar-refractivity contribution in [2.24, 2.45) is 0 Å². The maximum atomic E-state index is 11.7. The third-order valence-electron chi connectivity index (χ3n) is 2.55. The summed E-state index contributed by atoms with van der Waals surface area (Å²) in [5.41, 5.74) is 1.16. The van der Waals surface area contributed by atoms with Crippen LogP contribution in [0.3, 0.4) is 0 Å². The van der Waals surface area contributed by atoms with Crippen molar-refractivity contribution in [1.82, 2.24) is 15.2 Å². The first-order valence-corrected chi connectivity index (χ1v) is 5.96. The minimum atomic E-state index is 0.127. The van der Waals surface area contributed by atoms with E-state index in [1.54, 1.807) is 11.1 Å². The minimum Gasteiger partial charge on any atom is -0.344 e. The van der Waals surface area contributed by atoms with E-state index in [9.17, 15) is 4.79 Å². The number of amides is 1. The first-order valence-electron chi connectivity index (χ1n) is 5.96. The SMILES string of the molecule is CC(C)NCC(=O)N(C)CCc1cccnc1. The van der Waals surface area contributed by atoms with Gasteiger partial charge in [-0.05, 0) is 18.1 Å². The summed E-state index contributed by atoms with van der Waals surface area (Å²) in [6, 6.07) is 4.28. The Balaban J connectivity index is 2.29.